The number of aromatic nitrogens is 4. The predicted molar refractivity (Wildman–Crippen MR) is 95.0 cm³/mol. The topological polar surface area (TPSA) is 50.1 Å². The fourth-order valence-electron chi connectivity index (χ4n) is 3.28. The van der Waals surface area contributed by atoms with Crippen LogP contribution in [0.3, 0.4) is 0 Å². The van der Waals surface area contributed by atoms with Crippen molar-refractivity contribution >= 4 is 16.7 Å². The summed E-state index contributed by atoms with van der Waals surface area (Å²) < 4.78 is 2.09. The zero-order valence-electron chi connectivity index (χ0n) is 14.2. The fraction of sp³-hybridized carbons (Fsp3) is 0.389. The average Bonchev–Trinajstić information content (AvgIpc) is 3.00. The normalized spacial score (nSPS) is 16.0. The van der Waals surface area contributed by atoms with Crippen molar-refractivity contribution in [2.75, 3.05) is 31.1 Å². The summed E-state index contributed by atoms with van der Waals surface area (Å²) in [5.74, 6) is 2.17. The summed E-state index contributed by atoms with van der Waals surface area (Å²) in [7, 11) is 2.05. The van der Waals surface area contributed by atoms with Crippen LogP contribution in [0.1, 0.15) is 11.4 Å². The molecule has 1 aliphatic heterocycles. The zero-order chi connectivity index (χ0) is 16.5. The van der Waals surface area contributed by atoms with Crippen LogP contribution in [0, 0.1) is 6.92 Å². The quantitative estimate of drug-likeness (QED) is 0.738. The molecule has 124 valence electrons. The average molecular weight is 322 g/mol. The molecule has 0 radical (unpaired) electrons. The molecule has 1 aromatic carbocycles. The van der Waals surface area contributed by atoms with Crippen LogP contribution in [0.5, 0.6) is 0 Å². The van der Waals surface area contributed by atoms with E-state index in [0.29, 0.717) is 0 Å². The van der Waals surface area contributed by atoms with Gasteiger partial charge in [-0.15, -0.1) is 0 Å². The number of hydrogen-bond acceptors (Lipinski definition) is 5. The molecule has 0 amide bonds. The number of piperazine rings is 1. The molecule has 0 saturated carbocycles. The highest BCUT2D eigenvalue weighted by Crippen LogP contribution is 2.25. The zero-order valence-corrected chi connectivity index (χ0v) is 14.2. The van der Waals surface area contributed by atoms with Gasteiger partial charge in [-0.2, -0.15) is 0 Å². The molecule has 0 spiro atoms. The van der Waals surface area contributed by atoms with Gasteiger partial charge >= 0.3 is 0 Å². The first-order chi connectivity index (χ1) is 11.7. The summed E-state index contributed by atoms with van der Waals surface area (Å²) in [6.45, 7) is 7.01. The first-order valence-electron chi connectivity index (χ1n) is 8.35. The Kier molecular flexibility index (Phi) is 3.90. The number of anilines is 1. The van der Waals surface area contributed by atoms with Gasteiger partial charge in [0.15, 0.2) is 0 Å². The van der Waals surface area contributed by atoms with E-state index in [0.717, 1.165) is 55.3 Å². The van der Waals surface area contributed by atoms with Gasteiger partial charge < -0.3 is 9.47 Å². The second-order valence-electron chi connectivity index (χ2n) is 6.44. The smallest absolute Gasteiger partial charge is 0.139 e. The van der Waals surface area contributed by atoms with Crippen LogP contribution >= 0.6 is 0 Å². The molecular weight excluding hydrogens is 300 g/mol. The van der Waals surface area contributed by atoms with E-state index < -0.39 is 0 Å². The summed E-state index contributed by atoms with van der Waals surface area (Å²) >= 11 is 0. The number of rotatable bonds is 3. The van der Waals surface area contributed by atoms with Crippen LogP contribution in [-0.2, 0) is 13.6 Å². The maximum atomic E-state index is 4.57. The minimum absolute atomic E-state index is 0.904. The molecule has 6 nitrogen and oxygen atoms in total. The lowest BCUT2D eigenvalue weighted by Crippen LogP contribution is -2.46. The Morgan fingerprint density at radius 3 is 2.62 bits per heavy atom. The van der Waals surface area contributed by atoms with Crippen molar-refractivity contribution in [3.8, 4) is 0 Å². The van der Waals surface area contributed by atoms with E-state index >= 15 is 0 Å². The molecule has 4 rings (SSSR count). The van der Waals surface area contributed by atoms with Gasteiger partial charge in [0.05, 0.1) is 12.1 Å². The lowest BCUT2D eigenvalue weighted by atomic mass is 10.1. The highest BCUT2D eigenvalue weighted by molar-refractivity contribution is 5.89. The standard InChI is InChI=1S/C18H22N6/c1-14-3-4-16-15(11-14)18(21-13-20-16)24-9-7-23(8-10-24)12-17-19-5-6-22(17)2/h3-6,11,13H,7-10,12H2,1-2H3. The Balaban J connectivity index is 1.50. The van der Waals surface area contributed by atoms with Crippen LogP contribution in [0.25, 0.3) is 10.9 Å². The molecule has 3 heterocycles. The van der Waals surface area contributed by atoms with Crippen molar-refractivity contribution < 1.29 is 0 Å². The van der Waals surface area contributed by atoms with Gasteiger partial charge in [0.25, 0.3) is 0 Å². The van der Waals surface area contributed by atoms with Crippen molar-refractivity contribution in [3.05, 3.63) is 48.3 Å². The molecule has 3 aromatic rings. The van der Waals surface area contributed by atoms with E-state index in [2.05, 4.69) is 54.4 Å². The van der Waals surface area contributed by atoms with Crippen LogP contribution in [0.4, 0.5) is 5.82 Å². The second kappa shape index (κ2) is 6.20. The van der Waals surface area contributed by atoms with Gasteiger partial charge in [0.1, 0.15) is 18.0 Å². The van der Waals surface area contributed by atoms with Crippen molar-refractivity contribution in [2.45, 2.75) is 13.5 Å². The maximum Gasteiger partial charge on any atom is 0.139 e. The highest BCUT2D eigenvalue weighted by atomic mass is 15.3. The first kappa shape index (κ1) is 15.1. The summed E-state index contributed by atoms with van der Waals surface area (Å²) in [5, 5.41) is 1.15. The molecule has 1 saturated heterocycles. The third-order valence-corrected chi connectivity index (χ3v) is 4.73. The number of fused-ring (bicyclic) bond motifs is 1. The molecular formula is C18H22N6. The molecule has 1 fully saturated rings. The fourth-order valence-corrected chi connectivity index (χ4v) is 3.28. The number of hydrogen-bond donors (Lipinski definition) is 0. The molecule has 2 aromatic heterocycles. The summed E-state index contributed by atoms with van der Waals surface area (Å²) in [6, 6.07) is 6.36. The summed E-state index contributed by atoms with van der Waals surface area (Å²) in [5.41, 5.74) is 2.26. The number of aryl methyl sites for hydroxylation is 2. The van der Waals surface area contributed by atoms with E-state index in [4.69, 9.17) is 0 Å². The van der Waals surface area contributed by atoms with Gasteiger partial charge in [-0.3, -0.25) is 4.90 Å². The van der Waals surface area contributed by atoms with E-state index in [-0.39, 0.29) is 0 Å². The van der Waals surface area contributed by atoms with E-state index in [1.165, 1.54) is 5.56 Å². The second-order valence-corrected chi connectivity index (χ2v) is 6.44. The summed E-state index contributed by atoms with van der Waals surface area (Å²) in [6.07, 6.45) is 5.54. The maximum absolute atomic E-state index is 4.57. The highest BCUT2D eigenvalue weighted by Gasteiger charge is 2.20. The number of benzene rings is 1. The SMILES string of the molecule is Cc1ccc2ncnc(N3CCN(Cc4nccn4C)CC3)c2c1. The molecule has 24 heavy (non-hydrogen) atoms. The number of nitrogens with zero attached hydrogens (tertiary/aromatic N) is 6. The van der Waals surface area contributed by atoms with Crippen LogP contribution < -0.4 is 4.90 Å². The number of imidazole rings is 1. The molecule has 0 N–H and O–H groups in total. The lowest BCUT2D eigenvalue weighted by Gasteiger charge is -2.35. The molecule has 0 atom stereocenters. The molecule has 0 aliphatic carbocycles. The van der Waals surface area contributed by atoms with Gasteiger partial charge in [0, 0.05) is 51.0 Å². The van der Waals surface area contributed by atoms with E-state index in [1.54, 1.807) is 6.33 Å². The molecule has 6 heteroatoms. The predicted octanol–water partition coefficient (Wildman–Crippen LogP) is 1.99. The summed E-state index contributed by atoms with van der Waals surface area (Å²) in [4.78, 5) is 18.2. The van der Waals surface area contributed by atoms with Crippen molar-refractivity contribution in [1.29, 1.82) is 0 Å². The van der Waals surface area contributed by atoms with E-state index in [1.807, 2.05) is 19.4 Å². The Bertz CT molecular complexity index is 848. The van der Waals surface area contributed by atoms with Crippen LogP contribution in [-0.4, -0.2) is 50.6 Å². The Hall–Kier alpha value is -2.47. The minimum atomic E-state index is 0.904. The monoisotopic (exact) mass is 322 g/mol. The van der Waals surface area contributed by atoms with Crippen molar-refractivity contribution in [1.82, 2.24) is 24.4 Å². The van der Waals surface area contributed by atoms with Crippen LogP contribution in [0.15, 0.2) is 36.9 Å². The van der Waals surface area contributed by atoms with Crippen molar-refractivity contribution in [2.24, 2.45) is 7.05 Å². The van der Waals surface area contributed by atoms with E-state index in [9.17, 15) is 0 Å². The minimum Gasteiger partial charge on any atom is -0.353 e. The third kappa shape index (κ3) is 2.85. The van der Waals surface area contributed by atoms with Gasteiger partial charge in [-0.05, 0) is 19.1 Å². The van der Waals surface area contributed by atoms with Gasteiger partial charge in [0.2, 0.25) is 0 Å². The Morgan fingerprint density at radius 1 is 1.04 bits per heavy atom. The van der Waals surface area contributed by atoms with Gasteiger partial charge in [-0.25, -0.2) is 15.0 Å². The molecule has 0 bridgehead atoms. The Morgan fingerprint density at radius 2 is 1.88 bits per heavy atom. The largest absolute Gasteiger partial charge is 0.353 e. The molecule has 1 aliphatic rings. The van der Waals surface area contributed by atoms with Gasteiger partial charge in [-0.1, -0.05) is 11.6 Å². The van der Waals surface area contributed by atoms with Crippen LogP contribution in [0.2, 0.25) is 0 Å². The lowest BCUT2D eigenvalue weighted by molar-refractivity contribution is 0.241. The Labute approximate surface area is 141 Å². The third-order valence-electron chi connectivity index (χ3n) is 4.73. The molecule has 0 unspecified atom stereocenters. The van der Waals surface area contributed by atoms with Crippen molar-refractivity contribution in [3.63, 3.8) is 0 Å². The first-order valence-corrected chi connectivity index (χ1v) is 8.35.